The maximum Gasteiger partial charge on any atom is 0.313 e. The number of thioether (sulfide) groups is 1. The van der Waals surface area contributed by atoms with Crippen molar-refractivity contribution in [1.29, 1.82) is 0 Å². The first-order chi connectivity index (χ1) is 9.58. The lowest BCUT2D eigenvalue weighted by molar-refractivity contribution is -0.133. The SMILES string of the molecule is CCc1cnc(SCC(=O)O)n1CC(=O)NCCOC. The third kappa shape index (κ3) is 5.22. The van der Waals surface area contributed by atoms with Gasteiger partial charge in [-0.3, -0.25) is 9.59 Å². The van der Waals surface area contributed by atoms with Crippen molar-refractivity contribution < 1.29 is 19.4 Å². The third-order valence-corrected chi connectivity index (χ3v) is 3.49. The summed E-state index contributed by atoms with van der Waals surface area (Å²) in [6, 6.07) is 0. The highest BCUT2D eigenvalue weighted by Crippen LogP contribution is 2.18. The van der Waals surface area contributed by atoms with Gasteiger partial charge in [-0.25, -0.2) is 4.98 Å². The number of aromatic nitrogens is 2. The van der Waals surface area contributed by atoms with E-state index < -0.39 is 5.97 Å². The summed E-state index contributed by atoms with van der Waals surface area (Å²) in [7, 11) is 1.57. The summed E-state index contributed by atoms with van der Waals surface area (Å²) in [5.41, 5.74) is 0.903. The van der Waals surface area contributed by atoms with E-state index in [9.17, 15) is 9.59 Å². The number of carboxylic acids is 1. The van der Waals surface area contributed by atoms with Crippen molar-refractivity contribution in [3.8, 4) is 0 Å². The Morgan fingerprint density at radius 3 is 2.90 bits per heavy atom. The molecule has 1 rings (SSSR count). The minimum absolute atomic E-state index is 0.0779. The zero-order chi connectivity index (χ0) is 15.0. The Morgan fingerprint density at radius 2 is 2.30 bits per heavy atom. The van der Waals surface area contributed by atoms with Crippen molar-refractivity contribution in [1.82, 2.24) is 14.9 Å². The van der Waals surface area contributed by atoms with E-state index in [0.717, 1.165) is 23.9 Å². The molecule has 0 saturated carbocycles. The molecule has 1 aromatic heterocycles. The van der Waals surface area contributed by atoms with Gasteiger partial charge >= 0.3 is 5.97 Å². The second kappa shape index (κ2) is 8.60. The molecule has 0 saturated heterocycles. The van der Waals surface area contributed by atoms with E-state index in [4.69, 9.17) is 9.84 Å². The molecule has 0 unspecified atom stereocenters. The first kappa shape index (κ1) is 16.5. The first-order valence-corrected chi connectivity index (χ1v) is 7.21. The highest BCUT2D eigenvalue weighted by atomic mass is 32.2. The molecule has 0 aromatic carbocycles. The highest BCUT2D eigenvalue weighted by Gasteiger charge is 2.13. The number of amides is 1. The average Bonchev–Trinajstić information content (AvgIpc) is 2.78. The standard InChI is InChI=1S/C12H19N3O4S/c1-3-9-6-14-12(20-8-11(17)18)15(9)7-10(16)13-4-5-19-2/h6H,3-5,7-8H2,1-2H3,(H,13,16)(H,17,18). The summed E-state index contributed by atoms with van der Waals surface area (Å²) in [6.07, 6.45) is 2.40. The van der Waals surface area contributed by atoms with Gasteiger partial charge in [-0.15, -0.1) is 0 Å². The molecule has 1 heterocycles. The number of carbonyl (C=O) groups is 2. The molecule has 112 valence electrons. The maximum atomic E-state index is 11.8. The van der Waals surface area contributed by atoms with Gasteiger partial charge in [-0.2, -0.15) is 0 Å². The number of methoxy groups -OCH3 is 1. The second-order valence-corrected chi connectivity index (χ2v) is 4.94. The van der Waals surface area contributed by atoms with E-state index in [1.807, 2.05) is 6.92 Å². The van der Waals surface area contributed by atoms with Crippen molar-refractivity contribution in [2.24, 2.45) is 0 Å². The lowest BCUT2D eigenvalue weighted by atomic mass is 10.3. The van der Waals surface area contributed by atoms with Crippen LogP contribution in [0.25, 0.3) is 0 Å². The number of rotatable bonds is 9. The Hall–Kier alpha value is -1.54. The van der Waals surface area contributed by atoms with Crippen LogP contribution in [-0.4, -0.2) is 52.5 Å². The van der Waals surface area contributed by atoms with E-state index in [-0.39, 0.29) is 18.2 Å². The number of hydrogen-bond acceptors (Lipinski definition) is 5. The highest BCUT2D eigenvalue weighted by molar-refractivity contribution is 7.99. The molecule has 0 spiro atoms. The molecule has 1 aromatic rings. The fourth-order valence-corrected chi connectivity index (χ4v) is 2.29. The van der Waals surface area contributed by atoms with E-state index in [1.54, 1.807) is 17.9 Å². The fraction of sp³-hybridized carbons (Fsp3) is 0.583. The van der Waals surface area contributed by atoms with Gasteiger partial charge < -0.3 is 19.7 Å². The number of carbonyl (C=O) groups excluding carboxylic acids is 1. The van der Waals surface area contributed by atoms with Gasteiger partial charge in [0.25, 0.3) is 0 Å². The van der Waals surface area contributed by atoms with Crippen molar-refractivity contribution >= 4 is 23.6 Å². The van der Waals surface area contributed by atoms with Crippen molar-refractivity contribution in [2.75, 3.05) is 26.0 Å². The van der Waals surface area contributed by atoms with Crippen LogP contribution >= 0.6 is 11.8 Å². The zero-order valence-corrected chi connectivity index (χ0v) is 12.4. The number of aliphatic carboxylic acids is 1. The Balaban J connectivity index is 2.67. The van der Waals surface area contributed by atoms with E-state index in [2.05, 4.69) is 10.3 Å². The van der Waals surface area contributed by atoms with Crippen LogP contribution in [0.3, 0.4) is 0 Å². The molecule has 8 heteroatoms. The summed E-state index contributed by atoms with van der Waals surface area (Å²) in [5.74, 6) is -1.13. The van der Waals surface area contributed by atoms with Crippen molar-refractivity contribution in [3.63, 3.8) is 0 Å². The van der Waals surface area contributed by atoms with Crippen molar-refractivity contribution in [2.45, 2.75) is 25.0 Å². The number of nitrogens with zero attached hydrogens (tertiary/aromatic N) is 2. The predicted molar refractivity (Wildman–Crippen MR) is 74.9 cm³/mol. The molecule has 7 nitrogen and oxygen atoms in total. The molecule has 0 aliphatic rings. The first-order valence-electron chi connectivity index (χ1n) is 6.23. The molecule has 0 fully saturated rings. The summed E-state index contributed by atoms with van der Waals surface area (Å²) in [4.78, 5) is 26.6. The van der Waals surface area contributed by atoms with E-state index in [1.165, 1.54) is 0 Å². The predicted octanol–water partition coefficient (Wildman–Crippen LogP) is 0.385. The van der Waals surface area contributed by atoms with Gasteiger partial charge in [0.15, 0.2) is 5.16 Å². The second-order valence-electron chi connectivity index (χ2n) is 4.00. The minimum Gasteiger partial charge on any atom is -0.481 e. The van der Waals surface area contributed by atoms with Crippen LogP contribution in [0.4, 0.5) is 0 Å². The van der Waals surface area contributed by atoms with Gasteiger partial charge in [0.05, 0.1) is 12.4 Å². The van der Waals surface area contributed by atoms with Crippen LogP contribution in [-0.2, 0) is 27.3 Å². The van der Waals surface area contributed by atoms with E-state index in [0.29, 0.717) is 18.3 Å². The minimum atomic E-state index is -0.910. The number of nitrogens with one attached hydrogen (secondary N) is 1. The molecule has 0 bridgehead atoms. The number of hydrogen-bond donors (Lipinski definition) is 2. The average molecular weight is 301 g/mol. The number of imidazole rings is 1. The Morgan fingerprint density at radius 1 is 1.55 bits per heavy atom. The smallest absolute Gasteiger partial charge is 0.313 e. The van der Waals surface area contributed by atoms with Gasteiger partial charge in [-0.1, -0.05) is 18.7 Å². The van der Waals surface area contributed by atoms with Crippen LogP contribution in [0.1, 0.15) is 12.6 Å². The monoisotopic (exact) mass is 301 g/mol. The Kier molecular flexibility index (Phi) is 7.10. The van der Waals surface area contributed by atoms with Crippen LogP contribution in [0.15, 0.2) is 11.4 Å². The Labute approximate surface area is 121 Å². The van der Waals surface area contributed by atoms with Crippen molar-refractivity contribution in [3.05, 3.63) is 11.9 Å². The molecule has 1 amide bonds. The third-order valence-electron chi connectivity index (χ3n) is 2.52. The molecule has 0 atom stereocenters. The topological polar surface area (TPSA) is 93.5 Å². The molecule has 0 aliphatic heterocycles. The summed E-state index contributed by atoms with van der Waals surface area (Å²) >= 11 is 1.11. The normalized spacial score (nSPS) is 10.5. The number of aryl methyl sites for hydroxylation is 1. The van der Waals surface area contributed by atoms with Gasteiger partial charge in [0, 0.05) is 25.5 Å². The molecule has 20 heavy (non-hydrogen) atoms. The number of carboxylic acid groups (broad SMARTS) is 1. The molecular formula is C12H19N3O4S. The molecule has 0 aliphatic carbocycles. The van der Waals surface area contributed by atoms with Gasteiger partial charge in [0.1, 0.15) is 6.54 Å². The Bertz CT molecular complexity index is 462. The van der Waals surface area contributed by atoms with Gasteiger partial charge in [-0.05, 0) is 6.42 Å². The molecule has 2 N–H and O–H groups in total. The summed E-state index contributed by atoms with van der Waals surface area (Å²) < 4.78 is 6.60. The summed E-state index contributed by atoms with van der Waals surface area (Å²) in [6.45, 7) is 3.00. The quantitative estimate of drug-likeness (QED) is 0.506. The van der Waals surface area contributed by atoms with Gasteiger partial charge in [0.2, 0.25) is 5.91 Å². The summed E-state index contributed by atoms with van der Waals surface area (Å²) in [5, 5.41) is 12.0. The molecule has 0 radical (unpaired) electrons. The lowest BCUT2D eigenvalue weighted by Gasteiger charge is -2.10. The van der Waals surface area contributed by atoms with E-state index >= 15 is 0 Å². The van der Waals surface area contributed by atoms with Crippen LogP contribution in [0, 0.1) is 0 Å². The van der Waals surface area contributed by atoms with Crippen LogP contribution < -0.4 is 5.32 Å². The lowest BCUT2D eigenvalue weighted by Crippen LogP contribution is -2.31. The largest absolute Gasteiger partial charge is 0.481 e. The zero-order valence-electron chi connectivity index (χ0n) is 11.6. The van der Waals surface area contributed by atoms with Crippen LogP contribution in [0.2, 0.25) is 0 Å². The molecular weight excluding hydrogens is 282 g/mol. The number of ether oxygens (including phenoxy) is 1. The maximum absolute atomic E-state index is 11.8. The van der Waals surface area contributed by atoms with Crippen LogP contribution in [0.5, 0.6) is 0 Å². The fourth-order valence-electron chi connectivity index (χ4n) is 1.58.